The van der Waals surface area contributed by atoms with E-state index in [1.54, 1.807) is 0 Å². The maximum atomic E-state index is 2.54. The number of nitrogens with zero attached hydrogens (tertiary/aromatic N) is 3. The summed E-state index contributed by atoms with van der Waals surface area (Å²) in [4.78, 5) is 6.04. The summed E-state index contributed by atoms with van der Waals surface area (Å²) >= 11 is 1.89. The summed E-state index contributed by atoms with van der Waals surface area (Å²) in [6.45, 7) is 0. The molecule has 0 saturated carbocycles. The fraction of sp³-hybridized carbons (Fsp3) is 0. The zero-order valence-corrected chi connectivity index (χ0v) is 35.6. The van der Waals surface area contributed by atoms with Crippen molar-refractivity contribution < 1.29 is 0 Å². The molecule has 64 heavy (non-hydrogen) atoms. The van der Waals surface area contributed by atoms with E-state index in [4.69, 9.17) is 0 Å². The molecule has 3 heterocycles. The Hall–Kier alpha value is -8.18. The maximum absolute atomic E-state index is 2.54. The highest BCUT2D eigenvalue weighted by molar-refractivity contribution is 7.25. The molecule has 0 unspecified atom stereocenters. The molecule has 0 bridgehead atoms. The highest BCUT2D eigenvalue weighted by atomic mass is 32.1. The zero-order chi connectivity index (χ0) is 42.1. The second-order valence-electron chi connectivity index (χ2n) is 16.5. The van der Waals surface area contributed by atoms with Crippen LogP contribution in [0.2, 0.25) is 0 Å². The molecule has 0 saturated heterocycles. The molecule has 10 aromatic carbocycles. The number of para-hydroxylation sites is 3. The molecule has 0 aliphatic carbocycles. The summed E-state index contributed by atoms with van der Waals surface area (Å²) in [5.41, 5.74) is 14.1. The van der Waals surface area contributed by atoms with Gasteiger partial charge in [-0.1, -0.05) is 152 Å². The Labute approximate surface area is 374 Å². The molecule has 4 heteroatoms. The smallest absolute Gasteiger partial charge is 0.109 e. The number of hydrogen-bond acceptors (Lipinski definition) is 3. The molecular weight excluding hydrogens is 795 g/mol. The average Bonchev–Trinajstić information content (AvgIpc) is 4.02. The number of benzene rings is 10. The van der Waals surface area contributed by atoms with E-state index in [1.165, 1.54) is 80.5 Å². The highest BCUT2D eigenvalue weighted by Crippen LogP contribution is 2.50. The van der Waals surface area contributed by atoms with Gasteiger partial charge in [-0.25, -0.2) is 0 Å². The highest BCUT2D eigenvalue weighted by Gasteiger charge is 2.25. The van der Waals surface area contributed by atoms with Gasteiger partial charge in [-0.05, 0) is 118 Å². The van der Waals surface area contributed by atoms with E-state index in [9.17, 15) is 0 Å². The van der Waals surface area contributed by atoms with E-state index in [0.717, 1.165) is 34.1 Å². The lowest BCUT2D eigenvalue weighted by atomic mass is 9.98. The molecule has 13 aromatic rings. The van der Waals surface area contributed by atoms with Crippen LogP contribution in [0.15, 0.2) is 237 Å². The lowest BCUT2D eigenvalue weighted by Crippen LogP contribution is -2.09. The lowest BCUT2D eigenvalue weighted by Gasteiger charge is -2.26. The van der Waals surface area contributed by atoms with Crippen LogP contribution in [0, 0.1) is 0 Å². The van der Waals surface area contributed by atoms with Gasteiger partial charge in [0.2, 0.25) is 0 Å². The predicted molar refractivity (Wildman–Crippen MR) is 274 cm³/mol. The number of thiophene rings is 1. The predicted octanol–water partition coefficient (Wildman–Crippen LogP) is 17.5. The summed E-state index contributed by atoms with van der Waals surface area (Å²) in [7, 11) is 0. The van der Waals surface area contributed by atoms with E-state index >= 15 is 0 Å². The molecule has 0 fully saturated rings. The Morgan fingerprint density at radius 3 is 1.38 bits per heavy atom. The molecule has 0 amide bonds. The molecule has 300 valence electrons. The Balaban J connectivity index is 0.974. The van der Waals surface area contributed by atoms with Crippen molar-refractivity contribution >= 4 is 104 Å². The third kappa shape index (κ3) is 5.81. The third-order valence-electron chi connectivity index (χ3n) is 12.9. The van der Waals surface area contributed by atoms with Gasteiger partial charge in [0.15, 0.2) is 0 Å². The number of fused-ring (bicyclic) bond motifs is 10. The first-order chi connectivity index (χ1) is 31.7. The first-order valence-corrected chi connectivity index (χ1v) is 22.7. The van der Waals surface area contributed by atoms with Crippen molar-refractivity contribution in [2.45, 2.75) is 0 Å². The van der Waals surface area contributed by atoms with Crippen LogP contribution in [0.25, 0.3) is 80.5 Å². The summed E-state index contributed by atoms with van der Waals surface area (Å²) in [6.07, 6.45) is 0. The largest absolute Gasteiger partial charge is 0.310 e. The van der Waals surface area contributed by atoms with Gasteiger partial charge in [0.1, 0.15) is 4.83 Å². The van der Waals surface area contributed by atoms with Crippen LogP contribution in [-0.4, -0.2) is 4.40 Å². The van der Waals surface area contributed by atoms with Crippen LogP contribution in [0.5, 0.6) is 0 Å². The minimum absolute atomic E-state index is 1.12. The van der Waals surface area contributed by atoms with Crippen molar-refractivity contribution in [2.24, 2.45) is 0 Å². The molecule has 0 radical (unpaired) electrons. The number of anilines is 6. The molecule has 3 aromatic heterocycles. The first kappa shape index (κ1) is 36.5. The molecule has 3 nitrogen and oxygen atoms in total. The normalized spacial score (nSPS) is 11.8. The van der Waals surface area contributed by atoms with E-state index in [0.29, 0.717) is 0 Å². The maximum Gasteiger partial charge on any atom is 0.109 e. The van der Waals surface area contributed by atoms with Crippen LogP contribution >= 0.6 is 11.3 Å². The van der Waals surface area contributed by atoms with Crippen molar-refractivity contribution in [3.05, 3.63) is 237 Å². The van der Waals surface area contributed by atoms with Crippen LogP contribution in [0.3, 0.4) is 0 Å². The Morgan fingerprint density at radius 2 is 0.781 bits per heavy atom. The van der Waals surface area contributed by atoms with Crippen LogP contribution in [0.4, 0.5) is 34.1 Å². The van der Waals surface area contributed by atoms with Gasteiger partial charge >= 0.3 is 0 Å². The summed E-state index contributed by atoms with van der Waals surface area (Å²) in [5, 5.41) is 8.99. The molecule has 0 aliphatic heterocycles. The monoisotopic (exact) mass is 833 g/mol. The van der Waals surface area contributed by atoms with E-state index in [2.05, 4.69) is 251 Å². The second-order valence-corrected chi connectivity index (χ2v) is 17.6. The fourth-order valence-corrected chi connectivity index (χ4v) is 11.2. The zero-order valence-electron chi connectivity index (χ0n) is 34.8. The first-order valence-electron chi connectivity index (χ1n) is 21.8. The summed E-state index contributed by atoms with van der Waals surface area (Å²) in [6, 6.07) is 86.0. The van der Waals surface area contributed by atoms with Gasteiger partial charge in [0.05, 0.1) is 11.0 Å². The number of rotatable bonds is 8. The van der Waals surface area contributed by atoms with E-state index < -0.39 is 0 Å². The SMILES string of the molecule is c1ccc(-c2ccc(N(c3ccccc3)c3ccc4c(c3)sc3c4c4cc5ccc(N(c6ccccc6)c6ccc(-c7ccccc7)cc6)cc5c5c6ccccc6n3c45)cc2)cc1. The van der Waals surface area contributed by atoms with Gasteiger partial charge in [-0.15, -0.1) is 11.3 Å². The van der Waals surface area contributed by atoms with Crippen molar-refractivity contribution in [3.8, 4) is 22.3 Å². The number of hydrogen-bond donors (Lipinski definition) is 0. The van der Waals surface area contributed by atoms with Crippen LogP contribution < -0.4 is 9.80 Å². The fourth-order valence-electron chi connectivity index (χ4n) is 9.96. The van der Waals surface area contributed by atoms with Gasteiger partial charge < -0.3 is 9.80 Å². The molecule has 13 rings (SSSR count). The third-order valence-corrected chi connectivity index (χ3v) is 14.0. The average molecular weight is 834 g/mol. The molecule has 0 atom stereocenters. The Morgan fingerprint density at radius 1 is 0.312 bits per heavy atom. The van der Waals surface area contributed by atoms with Crippen molar-refractivity contribution in [1.82, 2.24) is 4.40 Å². The lowest BCUT2D eigenvalue weighted by molar-refractivity contribution is 1.29. The molecule has 0 N–H and O–H groups in total. The Bertz CT molecular complexity index is 3800. The molecular formula is C60H39N3S. The van der Waals surface area contributed by atoms with E-state index in [1.807, 2.05) is 11.3 Å². The minimum Gasteiger partial charge on any atom is -0.310 e. The molecule has 0 spiro atoms. The van der Waals surface area contributed by atoms with Crippen molar-refractivity contribution in [3.63, 3.8) is 0 Å². The second kappa shape index (κ2) is 14.7. The van der Waals surface area contributed by atoms with Crippen LogP contribution in [-0.2, 0) is 0 Å². The summed E-state index contributed by atoms with van der Waals surface area (Å²) in [5.74, 6) is 0. The number of aromatic nitrogens is 1. The minimum atomic E-state index is 1.12. The summed E-state index contributed by atoms with van der Waals surface area (Å²) < 4.78 is 3.81. The molecule has 0 aliphatic rings. The van der Waals surface area contributed by atoms with Crippen molar-refractivity contribution in [1.29, 1.82) is 0 Å². The Kier molecular flexibility index (Phi) is 8.40. The van der Waals surface area contributed by atoms with Crippen LogP contribution in [0.1, 0.15) is 0 Å². The van der Waals surface area contributed by atoms with Crippen molar-refractivity contribution in [2.75, 3.05) is 9.80 Å². The van der Waals surface area contributed by atoms with E-state index in [-0.39, 0.29) is 0 Å². The van der Waals surface area contributed by atoms with Gasteiger partial charge in [0, 0.05) is 65.8 Å². The van der Waals surface area contributed by atoms with Gasteiger partial charge in [-0.3, -0.25) is 4.40 Å². The van der Waals surface area contributed by atoms with Gasteiger partial charge in [-0.2, -0.15) is 0 Å². The standard InChI is InChI=1S/C60H39N3S/c1-5-15-40(16-6-1)42-25-30-47(31-26-42)61(45-19-9-3-10-20-45)49-34-29-44-37-54-58-52-36-35-50(39-56(52)64-60(58)63-55-24-14-13-23-51(55)57(59(54)63)53(44)38-49)62(46-21-11-4-12-22-46)48-32-27-43(28-33-48)41-17-7-2-8-18-41/h1-39H. The topological polar surface area (TPSA) is 10.9 Å². The van der Waals surface area contributed by atoms with Gasteiger partial charge in [0.25, 0.3) is 0 Å². The quantitative estimate of drug-likeness (QED) is 0.151.